The molecule has 4 N–H and O–H groups in total. The lowest BCUT2D eigenvalue weighted by Gasteiger charge is -2.30. The molecule has 0 aromatic heterocycles. The second kappa shape index (κ2) is 11.7. The molecule has 38 heavy (non-hydrogen) atoms. The number of phenols is 1. The number of rotatable bonds is 11. The molecule has 10 nitrogen and oxygen atoms in total. The molecule has 2 unspecified atom stereocenters. The number of likely N-dealkylation sites (N-methyl/N-ethyl adjacent to an activating group) is 1. The van der Waals surface area contributed by atoms with Gasteiger partial charge in [-0.15, -0.1) is 0 Å². The molecule has 11 heteroatoms. The zero-order valence-corrected chi connectivity index (χ0v) is 23.2. The maximum Gasteiger partial charge on any atom is 0.261 e. The van der Waals surface area contributed by atoms with Gasteiger partial charge in [-0.05, 0) is 42.9 Å². The van der Waals surface area contributed by atoms with Crippen LogP contribution in [0.1, 0.15) is 61.3 Å². The summed E-state index contributed by atoms with van der Waals surface area (Å²) in [4.78, 5) is 63.7. The summed E-state index contributed by atoms with van der Waals surface area (Å²) in [6.07, 6.45) is -0.535. The van der Waals surface area contributed by atoms with Crippen molar-refractivity contribution >= 4 is 41.8 Å². The summed E-state index contributed by atoms with van der Waals surface area (Å²) in [6, 6.07) is 6.58. The number of aromatic hydroxyl groups is 1. The van der Waals surface area contributed by atoms with Crippen LogP contribution in [0.25, 0.3) is 10.8 Å². The van der Waals surface area contributed by atoms with Crippen LogP contribution in [0.5, 0.6) is 5.75 Å². The van der Waals surface area contributed by atoms with E-state index in [9.17, 15) is 33.7 Å². The molecule has 3 rings (SSSR count). The number of benzene rings is 2. The highest BCUT2D eigenvalue weighted by atomic mass is 31.2. The van der Waals surface area contributed by atoms with Crippen molar-refractivity contribution in [3.63, 3.8) is 0 Å². The van der Waals surface area contributed by atoms with Gasteiger partial charge in [-0.2, -0.15) is 0 Å². The Morgan fingerprint density at radius 3 is 2.13 bits per heavy atom. The number of amides is 4. The van der Waals surface area contributed by atoms with E-state index in [-0.39, 0.29) is 41.0 Å². The zero-order valence-electron chi connectivity index (χ0n) is 22.4. The van der Waals surface area contributed by atoms with Crippen LogP contribution in [0.3, 0.4) is 0 Å². The highest BCUT2D eigenvalue weighted by Gasteiger charge is 2.39. The van der Waals surface area contributed by atoms with Gasteiger partial charge in [0.15, 0.2) is 0 Å². The molecule has 4 amide bonds. The molecule has 0 saturated heterocycles. The Hall–Kier alpha value is -3.23. The minimum Gasteiger partial charge on any atom is -0.507 e. The quantitative estimate of drug-likeness (QED) is 0.250. The summed E-state index contributed by atoms with van der Waals surface area (Å²) in [7, 11) is -2.75. The number of phenolic OH excluding ortho intramolecular Hbond substituents is 1. The van der Waals surface area contributed by atoms with Gasteiger partial charge in [0.1, 0.15) is 18.1 Å². The Balaban J connectivity index is 1.84. The molecule has 1 aliphatic rings. The van der Waals surface area contributed by atoms with Gasteiger partial charge < -0.3 is 20.6 Å². The molecule has 0 fully saturated rings. The summed E-state index contributed by atoms with van der Waals surface area (Å²) in [5, 5.41) is 16.1. The summed E-state index contributed by atoms with van der Waals surface area (Å²) < 4.78 is 13.4. The number of imide groups is 1. The third kappa shape index (κ3) is 6.42. The standard InChI is InChI=1S/C27H36N3O7P/c1-15(2)11-17(24(32)29-21(12-16(3)4)25(33)28-5)13-38(36,37)14-30-26(34)19-8-6-7-18-22(31)10-9-20(23(18)19)27(30)35/h6-10,15-17,21,31H,11-14H2,1-5H3,(H,28,33)(H,29,32)(H,36,37)/t17?,21-/m0/s1. The number of nitrogens with one attached hydrogen (secondary N) is 2. The van der Waals surface area contributed by atoms with Crippen molar-refractivity contribution in [2.45, 2.75) is 46.6 Å². The van der Waals surface area contributed by atoms with Gasteiger partial charge in [0, 0.05) is 41.0 Å². The van der Waals surface area contributed by atoms with E-state index in [1.807, 2.05) is 27.7 Å². The summed E-state index contributed by atoms with van der Waals surface area (Å²) in [6.45, 7) is 7.58. The van der Waals surface area contributed by atoms with E-state index in [0.717, 1.165) is 4.90 Å². The minimum atomic E-state index is -4.23. The van der Waals surface area contributed by atoms with Gasteiger partial charge >= 0.3 is 0 Å². The Morgan fingerprint density at radius 2 is 1.55 bits per heavy atom. The topological polar surface area (TPSA) is 153 Å². The lowest BCUT2D eigenvalue weighted by atomic mass is 9.94. The van der Waals surface area contributed by atoms with Gasteiger partial charge in [0.25, 0.3) is 11.8 Å². The van der Waals surface area contributed by atoms with Gasteiger partial charge in [-0.25, -0.2) is 0 Å². The van der Waals surface area contributed by atoms with E-state index in [2.05, 4.69) is 10.6 Å². The molecule has 0 aliphatic carbocycles. The van der Waals surface area contributed by atoms with E-state index < -0.39 is 49.5 Å². The molecule has 1 heterocycles. The zero-order chi connectivity index (χ0) is 28.4. The van der Waals surface area contributed by atoms with Crippen LogP contribution < -0.4 is 10.6 Å². The molecule has 206 valence electrons. The van der Waals surface area contributed by atoms with E-state index in [4.69, 9.17) is 0 Å². The van der Waals surface area contributed by atoms with Crippen LogP contribution in [-0.2, 0) is 14.2 Å². The van der Waals surface area contributed by atoms with Gasteiger partial charge in [0.2, 0.25) is 19.2 Å². The van der Waals surface area contributed by atoms with Crippen LogP contribution in [-0.4, -0.2) is 64.1 Å². The maximum absolute atomic E-state index is 13.4. The third-order valence-corrected chi connectivity index (χ3v) is 8.29. The van der Waals surface area contributed by atoms with E-state index in [1.54, 1.807) is 12.1 Å². The molecule has 2 aromatic carbocycles. The number of carbonyl (C=O) groups is 4. The second-order valence-electron chi connectivity index (χ2n) is 10.7. The maximum atomic E-state index is 13.4. The molecule has 0 spiro atoms. The fraction of sp³-hybridized carbons (Fsp3) is 0.481. The van der Waals surface area contributed by atoms with Crippen molar-refractivity contribution < 1.29 is 33.7 Å². The van der Waals surface area contributed by atoms with Crippen LogP contribution in [0.15, 0.2) is 30.3 Å². The molecule has 0 radical (unpaired) electrons. The Bertz CT molecular complexity index is 1280. The molecule has 0 saturated carbocycles. The first-order chi connectivity index (χ1) is 17.8. The van der Waals surface area contributed by atoms with Gasteiger partial charge in [-0.3, -0.25) is 28.6 Å². The van der Waals surface area contributed by atoms with E-state index in [0.29, 0.717) is 17.2 Å². The predicted molar refractivity (Wildman–Crippen MR) is 144 cm³/mol. The largest absolute Gasteiger partial charge is 0.507 e. The number of nitrogens with zero attached hydrogens (tertiary/aromatic N) is 1. The van der Waals surface area contributed by atoms with Crippen molar-refractivity contribution in [1.29, 1.82) is 0 Å². The second-order valence-corrected chi connectivity index (χ2v) is 13.0. The van der Waals surface area contributed by atoms with Gasteiger partial charge in [-0.1, -0.05) is 39.8 Å². The normalized spacial score (nSPS) is 16.5. The SMILES string of the molecule is CNC(=O)[C@H](CC(C)C)NC(=O)C(CC(C)C)CP(=O)(O)CN1C(=O)c2cccc3c(O)ccc(c23)C1=O. The monoisotopic (exact) mass is 545 g/mol. The minimum absolute atomic E-state index is 0.00436. The van der Waals surface area contributed by atoms with Crippen molar-refractivity contribution in [2.24, 2.45) is 17.8 Å². The Labute approximate surface area is 222 Å². The highest BCUT2D eigenvalue weighted by Crippen LogP contribution is 2.46. The Kier molecular flexibility index (Phi) is 9.00. The molecule has 0 bridgehead atoms. The van der Waals surface area contributed by atoms with Crippen LogP contribution in [0, 0.1) is 17.8 Å². The average molecular weight is 546 g/mol. The van der Waals surface area contributed by atoms with Crippen molar-refractivity contribution in [2.75, 3.05) is 19.5 Å². The first-order valence-corrected chi connectivity index (χ1v) is 14.7. The number of hydrogen-bond acceptors (Lipinski definition) is 6. The third-order valence-electron chi connectivity index (χ3n) is 6.55. The molecule has 1 aliphatic heterocycles. The van der Waals surface area contributed by atoms with Crippen LogP contribution >= 0.6 is 7.37 Å². The average Bonchev–Trinajstić information content (AvgIpc) is 2.83. The predicted octanol–water partition coefficient (Wildman–Crippen LogP) is 3.31. The summed E-state index contributed by atoms with van der Waals surface area (Å²) in [5.74, 6) is -3.23. The lowest BCUT2D eigenvalue weighted by molar-refractivity contribution is -0.131. The first kappa shape index (κ1) is 29.3. The fourth-order valence-corrected chi connectivity index (χ4v) is 6.70. The van der Waals surface area contributed by atoms with Crippen molar-refractivity contribution in [3.8, 4) is 5.75 Å². The first-order valence-electron chi connectivity index (χ1n) is 12.7. The fourth-order valence-electron chi connectivity index (χ4n) is 4.88. The molecule has 2 aromatic rings. The van der Waals surface area contributed by atoms with Crippen LogP contribution in [0.4, 0.5) is 0 Å². The smallest absolute Gasteiger partial charge is 0.261 e. The number of carbonyl (C=O) groups excluding carboxylic acids is 4. The summed E-state index contributed by atoms with van der Waals surface area (Å²) >= 11 is 0. The number of hydrogen-bond donors (Lipinski definition) is 4. The van der Waals surface area contributed by atoms with Crippen LogP contribution in [0.2, 0.25) is 0 Å². The van der Waals surface area contributed by atoms with E-state index >= 15 is 0 Å². The summed E-state index contributed by atoms with van der Waals surface area (Å²) in [5.41, 5.74) is 0.290. The van der Waals surface area contributed by atoms with Crippen molar-refractivity contribution in [3.05, 3.63) is 41.5 Å². The van der Waals surface area contributed by atoms with Gasteiger partial charge in [0.05, 0.1) is 0 Å². The highest BCUT2D eigenvalue weighted by molar-refractivity contribution is 7.58. The van der Waals surface area contributed by atoms with Crippen molar-refractivity contribution in [1.82, 2.24) is 15.5 Å². The van der Waals surface area contributed by atoms with E-state index in [1.165, 1.54) is 25.2 Å². The molecular formula is C27H36N3O7P. The molecule has 3 atom stereocenters. The Morgan fingerprint density at radius 1 is 0.947 bits per heavy atom. The lowest BCUT2D eigenvalue weighted by Crippen LogP contribution is -2.49. The molecular weight excluding hydrogens is 509 g/mol.